The number of aromatic nitrogens is 2. The van der Waals surface area contributed by atoms with Gasteiger partial charge in [0.15, 0.2) is 0 Å². The summed E-state index contributed by atoms with van der Waals surface area (Å²) >= 11 is 11.8. The Morgan fingerprint density at radius 1 is 1.50 bits per heavy atom. The Morgan fingerprint density at radius 3 is 2.94 bits per heavy atom. The Hall–Kier alpha value is -1.46. The van der Waals surface area contributed by atoms with Crippen molar-refractivity contribution in [3.63, 3.8) is 0 Å². The van der Waals surface area contributed by atoms with Gasteiger partial charge in [0.25, 0.3) is 0 Å². The highest BCUT2D eigenvalue weighted by atomic mass is 35.5. The molecule has 0 saturated carbocycles. The molecule has 0 spiro atoms. The Labute approximate surface area is 101 Å². The number of amides is 1. The van der Waals surface area contributed by atoms with E-state index in [0.717, 1.165) is 0 Å². The van der Waals surface area contributed by atoms with E-state index in [1.807, 2.05) is 0 Å². The van der Waals surface area contributed by atoms with Gasteiger partial charge in [-0.15, -0.1) is 0 Å². The van der Waals surface area contributed by atoms with Crippen molar-refractivity contribution in [2.24, 2.45) is 0 Å². The molecule has 0 aliphatic rings. The van der Waals surface area contributed by atoms with Crippen molar-refractivity contribution in [1.29, 1.82) is 0 Å². The molecule has 2 N–H and O–H groups in total. The van der Waals surface area contributed by atoms with Gasteiger partial charge in [0, 0.05) is 5.02 Å². The number of fused-ring (bicyclic) bond motifs is 1. The van der Waals surface area contributed by atoms with Crippen molar-refractivity contribution in [1.82, 2.24) is 9.97 Å². The van der Waals surface area contributed by atoms with E-state index in [1.165, 1.54) is 7.11 Å². The fraction of sp³-hybridized carbons (Fsp3) is 0.111. The highest BCUT2D eigenvalue weighted by Crippen LogP contribution is 2.27. The van der Waals surface area contributed by atoms with Gasteiger partial charge in [0.1, 0.15) is 5.52 Å². The minimum absolute atomic E-state index is 0.256. The minimum atomic E-state index is -0.610. The number of anilines is 1. The molecule has 0 aliphatic heterocycles. The highest BCUT2D eigenvalue weighted by Gasteiger charge is 2.09. The Morgan fingerprint density at radius 2 is 2.25 bits per heavy atom. The maximum Gasteiger partial charge on any atom is 0.413 e. The molecule has 1 heterocycles. The minimum Gasteiger partial charge on any atom is -0.453 e. The first-order valence-electron chi connectivity index (χ1n) is 4.30. The van der Waals surface area contributed by atoms with Crippen LogP contribution in [-0.4, -0.2) is 23.2 Å². The van der Waals surface area contributed by atoms with Gasteiger partial charge in [0.05, 0.1) is 17.6 Å². The smallest absolute Gasteiger partial charge is 0.413 e. The second-order valence-corrected chi connectivity index (χ2v) is 3.83. The number of imidazole rings is 1. The van der Waals surface area contributed by atoms with Crippen LogP contribution in [0.4, 0.5) is 10.7 Å². The van der Waals surface area contributed by atoms with E-state index < -0.39 is 6.09 Å². The van der Waals surface area contributed by atoms with Crippen LogP contribution in [0.1, 0.15) is 0 Å². The molecule has 1 aromatic heterocycles. The number of H-pyrrole nitrogens is 1. The SMILES string of the molecule is COC(=O)Nc1nc2c(Cl)cc(Cl)cc2[nH]1. The summed E-state index contributed by atoms with van der Waals surface area (Å²) in [5.41, 5.74) is 1.18. The summed E-state index contributed by atoms with van der Waals surface area (Å²) in [7, 11) is 1.27. The maximum atomic E-state index is 11.0. The Kier molecular flexibility index (Phi) is 2.89. The summed E-state index contributed by atoms with van der Waals surface area (Å²) in [5.74, 6) is 0.256. The zero-order chi connectivity index (χ0) is 11.7. The molecule has 0 saturated heterocycles. The number of rotatable bonds is 1. The number of nitrogens with zero attached hydrogens (tertiary/aromatic N) is 1. The van der Waals surface area contributed by atoms with E-state index in [-0.39, 0.29) is 5.95 Å². The summed E-state index contributed by atoms with van der Waals surface area (Å²) in [4.78, 5) is 17.9. The molecular formula is C9H7Cl2N3O2. The third-order valence-corrected chi connectivity index (χ3v) is 2.42. The van der Waals surface area contributed by atoms with Gasteiger partial charge >= 0.3 is 6.09 Å². The third-order valence-electron chi connectivity index (χ3n) is 1.91. The number of hydrogen-bond donors (Lipinski definition) is 2. The monoisotopic (exact) mass is 259 g/mol. The zero-order valence-electron chi connectivity index (χ0n) is 8.17. The molecule has 1 amide bonds. The number of halogens is 2. The number of benzene rings is 1. The lowest BCUT2D eigenvalue weighted by Gasteiger charge is -1.96. The molecule has 7 heteroatoms. The van der Waals surface area contributed by atoms with Gasteiger partial charge in [-0.1, -0.05) is 23.2 Å². The van der Waals surface area contributed by atoms with Crippen LogP contribution in [-0.2, 0) is 4.74 Å². The summed E-state index contributed by atoms with van der Waals surface area (Å²) in [5, 5.41) is 3.30. The van der Waals surface area contributed by atoms with Crippen LogP contribution in [0.25, 0.3) is 11.0 Å². The van der Waals surface area contributed by atoms with Crippen LogP contribution in [0, 0.1) is 0 Å². The molecule has 0 atom stereocenters. The number of aromatic amines is 1. The Balaban J connectivity index is 2.44. The van der Waals surface area contributed by atoms with Crippen LogP contribution in [0.2, 0.25) is 10.0 Å². The average molecular weight is 260 g/mol. The second kappa shape index (κ2) is 4.19. The summed E-state index contributed by atoms with van der Waals surface area (Å²) < 4.78 is 4.44. The summed E-state index contributed by atoms with van der Waals surface area (Å²) in [6, 6.07) is 3.24. The van der Waals surface area contributed by atoms with Gasteiger partial charge in [-0.05, 0) is 12.1 Å². The molecule has 2 rings (SSSR count). The Bertz CT molecular complexity index is 553. The quantitative estimate of drug-likeness (QED) is 0.827. The topological polar surface area (TPSA) is 67.0 Å². The second-order valence-electron chi connectivity index (χ2n) is 2.99. The largest absolute Gasteiger partial charge is 0.453 e. The van der Waals surface area contributed by atoms with Crippen LogP contribution in [0.5, 0.6) is 0 Å². The predicted molar refractivity (Wildman–Crippen MR) is 62.1 cm³/mol. The lowest BCUT2D eigenvalue weighted by molar-refractivity contribution is 0.186. The standard InChI is InChI=1S/C9H7Cl2N3O2/c1-16-9(15)14-8-12-6-3-4(10)2-5(11)7(6)13-8/h2-3H,1H3,(H2,12,13,14,15). The van der Waals surface area contributed by atoms with Gasteiger partial charge in [0.2, 0.25) is 5.95 Å². The molecule has 0 unspecified atom stereocenters. The summed E-state index contributed by atoms with van der Waals surface area (Å²) in [6.07, 6.45) is -0.610. The van der Waals surface area contributed by atoms with E-state index in [4.69, 9.17) is 23.2 Å². The van der Waals surface area contributed by atoms with Crippen LogP contribution in [0.3, 0.4) is 0 Å². The van der Waals surface area contributed by atoms with Crippen molar-refractivity contribution >= 4 is 46.3 Å². The van der Waals surface area contributed by atoms with Crippen LogP contribution >= 0.6 is 23.2 Å². The van der Waals surface area contributed by atoms with E-state index >= 15 is 0 Å². The number of hydrogen-bond acceptors (Lipinski definition) is 3. The zero-order valence-corrected chi connectivity index (χ0v) is 9.69. The van der Waals surface area contributed by atoms with Gasteiger partial charge in [-0.25, -0.2) is 9.78 Å². The number of methoxy groups -OCH3 is 1. The van der Waals surface area contributed by atoms with Crippen LogP contribution in [0.15, 0.2) is 12.1 Å². The molecule has 0 radical (unpaired) electrons. The van der Waals surface area contributed by atoms with Gasteiger partial charge in [-0.3, -0.25) is 5.32 Å². The molecule has 0 aliphatic carbocycles. The van der Waals surface area contributed by atoms with Crippen LogP contribution < -0.4 is 5.32 Å². The number of carbonyl (C=O) groups is 1. The number of ether oxygens (including phenoxy) is 1. The van der Waals surface area contributed by atoms with Crippen molar-refractivity contribution < 1.29 is 9.53 Å². The van der Waals surface area contributed by atoms with Crippen molar-refractivity contribution in [2.45, 2.75) is 0 Å². The molecule has 2 aromatic rings. The van der Waals surface area contributed by atoms with Gasteiger partial charge in [-0.2, -0.15) is 0 Å². The normalized spacial score (nSPS) is 10.4. The molecule has 5 nitrogen and oxygen atoms in total. The van der Waals surface area contributed by atoms with E-state index in [9.17, 15) is 4.79 Å². The van der Waals surface area contributed by atoms with Crippen molar-refractivity contribution in [3.8, 4) is 0 Å². The maximum absolute atomic E-state index is 11.0. The molecule has 0 bridgehead atoms. The first-order valence-corrected chi connectivity index (χ1v) is 5.05. The average Bonchev–Trinajstić information content (AvgIpc) is 2.60. The van der Waals surface area contributed by atoms with E-state index in [0.29, 0.717) is 21.1 Å². The molecule has 1 aromatic carbocycles. The summed E-state index contributed by atoms with van der Waals surface area (Å²) in [6.45, 7) is 0. The third kappa shape index (κ3) is 2.05. The molecule has 0 fully saturated rings. The van der Waals surface area contributed by atoms with E-state index in [2.05, 4.69) is 20.0 Å². The van der Waals surface area contributed by atoms with E-state index in [1.54, 1.807) is 12.1 Å². The fourth-order valence-corrected chi connectivity index (χ4v) is 1.78. The molecular weight excluding hydrogens is 253 g/mol. The first-order chi connectivity index (χ1) is 7.60. The number of nitrogens with one attached hydrogen (secondary N) is 2. The lowest BCUT2D eigenvalue weighted by Crippen LogP contribution is -2.11. The molecule has 16 heavy (non-hydrogen) atoms. The highest BCUT2D eigenvalue weighted by molar-refractivity contribution is 6.38. The molecule has 84 valence electrons. The number of carbonyl (C=O) groups excluding carboxylic acids is 1. The first kappa shape index (κ1) is 11.0. The lowest BCUT2D eigenvalue weighted by atomic mass is 10.3. The van der Waals surface area contributed by atoms with Crippen molar-refractivity contribution in [3.05, 3.63) is 22.2 Å². The van der Waals surface area contributed by atoms with Gasteiger partial charge < -0.3 is 9.72 Å². The predicted octanol–water partition coefficient (Wildman–Crippen LogP) is 3.05. The van der Waals surface area contributed by atoms with Crippen molar-refractivity contribution in [2.75, 3.05) is 12.4 Å². The fourth-order valence-electron chi connectivity index (χ4n) is 1.25.